The highest BCUT2D eigenvalue weighted by molar-refractivity contribution is 5.85. The number of aromatic amines is 1. The molecule has 0 radical (unpaired) electrons. The molecule has 4 nitrogen and oxygen atoms in total. The number of phenolic OH excluding ortho intramolecular Hbond substituents is 2. The van der Waals surface area contributed by atoms with Crippen molar-refractivity contribution in [2.75, 3.05) is 5.73 Å². The van der Waals surface area contributed by atoms with Crippen LogP contribution in [0.4, 0.5) is 5.69 Å². The second-order valence-corrected chi connectivity index (χ2v) is 7.65. The Kier molecular flexibility index (Phi) is 3.79. The zero-order chi connectivity index (χ0) is 19.3. The van der Waals surface area contributed by atoms with E-state index in [2.05, 4.69) is 23.3 Å². The van der Waals surface area contributed by atoms with E-state index in [1.54, 1.807) is 24.3 Å². The molecule has 0 spiro atoms. The fourth-order valence-corrected chi connectivity index (χ4v) is 4.71. The Balaban J connectivity index is 1.69. The number of nitrogens with two attached hydrogens (primary N) is 1. The minimum Gasteiger partial charge on any atom is -0.508 e. The van der Waals surface area contributed by atoms with E-state index in [0.29, 0.717) is 5.92 Å². The predicted molar refractivity (Wildman–Crippen MR) is 112 cm³/mol. The number of aryl methyl sites for hydroxylation is 1. The van der Waals surface area contributed by atoms with Crippen LogP contribution in [0.15, 0.2) is 66.9 Å². The molecule has 140 valence electrons. The van der Waals surface area contributed by atoms with Gasteiger partial charge in [0.1, 0.15) is 11.5 Å². The van der Waals surface area contributed by atoms with Crippen molar-refractivity contribution in [3.8, 4) is 11.5 Å². The fourth-order valence-electron chi connectivity index (χ4n) is 4.71. The van der Waals surface area contributed by atoms with Gasteiger partial charge in [0, 0.05) is 34.8 Å². The third kappa shape index (κ3) is 2.69. The van der Waals surface area contributed by atoms with Crippen LogP contribution in [0.25, 0.3) is 10.9 Å². The average Bonchev–Trinajstić information content (AvgIpc) is 3.10. The van der Waals surface area contributed by atoms with Crippen molar-refractivity contribution in [1.29, 1.82) is 0 Å². The summed E-state index contributed by atoms with van der Waals surface area (Å²) in [5.41, 5.74) is 12.8. The van der Waals surface area contributed by atoms with E-state index in [0.717, 1.165) is 29.4 Å². The topological polar surface area (TPSA) is 82.3 Å². The molecule has 0 saturated heterocycles. The summed E-state index contributed by atoms with van der Waals surface area (Å²) >= 11 is 0. The van der Waals surface area contributed by atoms with Gasteiger partial charge in [-0.25, -0.2) is 0 Å². The molecule has 5 rings (SSSR count). The maximum atomic E-state index is 9.81. The molecule has 0 saturated carbocycles. The monoisotopic (exact) mass is 370 g/mol. The van der Waals surface area contributed by atoms with Crippen LogP contribution in [0, 0.1) is 0 Å². The molecular formula is C24H22N2O2. The van der Waals surface area contributed by atoms with Crippen LogP contribution >= 0.6 is 0 Å². The summed E-state index contributed by atoms with van der Waals surface area (Å²) in [4.78, 5) is 3.32. The molecule has 2 unspecified atom stereocenters. The Morgan fingerprint density at radius 3 is 2.46 bits per heavy atom. The minimum absolute atomic E-state index is 0.178. The van der Waals surface area contributed by atoms with E-state index >= 15 is 0 Å². The third-order valence-corrected chi connectivity index (χ3v) is 5.98. The number of benzene rings is 3. The smallest absolute Gasteiger partial charge is 0.117 e. The third-order valence-electron chi connectivity index (χ3n) is 5.98. The number of rotatable bonds is 2. The molecule has 1 heterocycles. The van der Waals surface area contributed by atoms with Gasteiger partial charge in [0.25, 0.3) is 0 Å². The number of fused-ring (bicyclic) bond motifs is 2. The van der Waals surface area contributed by atoms with Crippen LogP contribution in [-0.2, 0) is 6.42 Å². The first kappa shape index (κ1) is 16.8. The number of hydrogen-bond donors (Lipinski definition) is 4. The quantitative estimate of drug-likeness (QED) is 0.374. The lowest BCUT2D eigenvalue weighted by atomic mass is 9.69. The first-order valence-corrected chi connectivity index (χ1v) is 9.57. The van der Waals surface area contributed by atoms with Crippen LogP contribution in [0.5, 0.6) is 11.5 Å². The highest BCUT2D eigenvalue weighted by Gasteiger charge is 2.33. The van der Waals surface area contributed by atoms with E-state index < -0.39 is 0 Å². The molecule has 1 aliphatic carbocycles. The summed E-state index contributed by atoms with van der Waals surface area (Å²) in [6.45, 7) is 0. The number of H-pyrrole nitrogens is 1. The maximum absolute atomic E-state index is 9.81. The van der Waals surface area contributed by atoms with Crippen molar-refractivity contribution in [2.45, 2.75) is 24.7 Å². The van der Waals surface area contributed by atoms with Crippen molar-refractivity contribution in [1.82, 2.24) is 4.98 Å². The van der Waals surface area contributed by atoms with Gasteiger partial charge in [0.15, 0.2) is 0 Å². The van der Waals surface area contributed by atoms with E-state index in [4.69, 9.17) is 5.73 Å². The molecular weight excluding hydrogens is 348 g/mol. The highest BCUT2D eigenvalue weighted by Crippen LogP contribution is 2.48. The molecule has 0 fully saturated rings. The van der Waals surface area contributed by atoms with E-state index in [9.17, 15) is 10.2 Å². The van der Waals surface area contributed by atoms with Gasteiger partial charge in [-0.3, -0.25) is 0 Å². The van der Waals surface area contributed by atoms with Gasteiger partial charge < -0.3 is 20.9 Å². The van der Waals surface area contributed by atoms with Crippen LogP contribution in [0.3, 0.4) is 0 Å². The highest BCUT2D eigenvalue weighted by atomic mass is 16.3. The summed E-state index contributed by atoms with van der Waals surface area (Å²) in [6.07, 6.45) is 4.06. The number of hydrogen-bond acceptors (Lipinski definition) is 3. The second kappa shape index (κ2) is 6.34. The molecule has 4 aromatic rings. The summed E-state index contributed by atoms with van der Waals surface area (Å²) in [5, 5.41) is 20.7. The summed E-state index contributed by atoms with van der Waals surface area (Å²) in [6, 6.07) is 19.2. The average molecular weight is 370 g/mol. The molecule has 5 N–H and O–H groups in total. The van der Waals surface area contributed by atoms with E-state index in [1.165, 1.54) is 22.3 Å². The Morgan fingerprint density at radius 2 is 1.64 bits per heavy atom. The standard InChI is InChI=1S/C24H22N2O2/c25-16-4-9-19-15(11-16)3-8-21(24(19)14-1-5-17(27)6-2-14)22-13-26-23-12-18(28)7-10-20(22)23/h1-2,4-7,9-13,21,24,26-28H,3,8,25H2. The summed E-state index contributed by atoms with van der Waals surface area (Å²) < 4.78 is 0. The molecule has 0 bridgehead atoms. The van der Waals surface area contributed by atoms with Gasteiger partial charge in [0.2, 0.25) is 0 Å². The lowest BCUT2D eigenvalue weighted by molar-refractivity contribution is 0.474. The number of phenols is 2. The largest absolute Gasteiger partial charge is 0.508 e. The number of aromatic hydroxyl groups is 2. The van der Waals surface area contributed by atoms with Crippen LogP contribution in [-0.4, -0.2) is 15.2 Å². The lowest BCUT2D eigenvalue weighted by Gasteiger charge is -2.34. The molecule has 0 aliphatic heterocycles. The molecule has 0 amide bonds. The SMILES string of the molecule is Nc1ccc2c(c1)CCC(c1c[nH]c3cc(O)ccc13)C2c1ccc(O)cc1. The van der Waals surface area contributed by atoms with Gasteiger partial charge in [-0.05, 0) is 77.4 Å². The Morgan fingerprint density at radius 1 is 0.857 bits per heavy atom. The molecule has 28 heavy (non-hydrogen) atoms. The van der Waals surface area contributed by atoms with Crippen molar-refractivity contribution in [3.63, 3.8) is 0 Å². The normalized spacial score (nSPS) is 18.9. The van der Waals surface area contributed by atoms with Crippen molar-refractivity contribution >= 4 is 16.6 Å². The van der Waals surface area contributed by atoms with Gasteiger partial charge in [-0.2, -0.15) is 0 Å². The number of nitrogen functional groups attached to an aromatic ring is 1. The van der Waals surface area contributed by atoms with Gasteiger partial charge >= 0.3 is 0 Å². The molecule has 3 aromatic carbocycles. The molecule has 1 aromatic heterocycles. The van der Waals surface area contributed by atoms with Crippen molar-refractivity contribution < 1.29 is 10.2 Å². The summed E-state index contributed by atoms with van der Waals surface area (Å²) in [5.74, 6) is 1.01. The maximum Gasteiger partial charge on any atom is 0.117 e. The Labute approximate surface area is 163 Å². The lowest BCUT2D eigenvalue weighted by Crippen LogP contribution is -2.20. The summed E-state index contributed by atoms with van der Waals surface area (Å²) in [7, 11) is 0. The van der Waals surface area contributed by atoms with Crippen molar-refractivity contribution in [3.05, 3.63) is 89.1 Å². The van der Waals surface area contributed by atoms with Crippen LogP contribution < -0.4 is 5.73 Å². The van der Waals surface area contributed by atoms with Gasteiger partial charge in [-0.1, -0.05) is 18.2 Å². The van der Waals surface area contributed by atoms with Crippen LogP contribution in [0.1, 0.15) is 40.5 Å². The van der Waals surface area contributed by atoms with Gasteiger partial charge in [-0.15, -0.1) is 0 Å². The molecule has 4 heteroatoms. The van der Waals surface area contributed by atoms with Gasteiger partial charge in [0.05, 0.1) is 0 Å². The molecule has 2 atom stereocenters. The number of nitrogens with one attached hydrogen (secondary N) is 1. The second-order valence-electron chi connectivity index (χ2n) is 7.65. The number of aromatic nitrogens is 1. The van der Waals surface area contributed by atoms with Crippen LogP contribution in [0.2, 0.25) is 0 Å². The van der Waals surface area contributed by atoms with E-state index in [-0.39, 0.29) is 17.4 Å². The predicted octanol–water partition coefficient (Wildman–Crippen LogP) is 5.02. The molecule has 1 aliphatic rings. The minimum atomic E-state index is 0.178. The first-order chi connectivity index (χ1) is 13.6. The number of anilines is 1. The Bertz CT molecular complexity index is 1160. The zero-order valence-corrected chi connectivity index (χ0v) is 15.4. The first-order valence-electron chi connectivity index (χ1n) is 9.57. The Hall–Kier alpha value is -3.40. The van der Waals surface area contributed by atoms with E-state index in [1.807, 2.05) is 24.3 Å². The zero-order valence-electron chi connectivity index (χ0n) is 15.4. The van der Waals surface area contributed by atoms with Crippen molar-refractivity contribution in [2.24, 2.45) is 0 Å². The fraction of sp³-hybridized carbons (Fsp3) is 0.167.